The number of phosphoric acid groups is 2. The molecule has 0 heterocycles. The van der Waals surface area contributed by atoms with Crippen molar-refractivity contribution >= 4 is 39.5 Å². The van der Waals surface area contributed by atoms with Gasteiger partial charge in [0.15, 0.2) is 12.2 Å². The maximum absolute atomic E-state index is 13.1. The van der Waals surface area contributed by atoms with Crippen LogP contribution in [0, 0.1) is 0 Å². The maximum Gasteiger partial charge on any atom is 0.472 e. The van der Waals surface area contributed by atoms with Crippen LogP contribution in [0.2, 0.25) is 0 Å². The van der Waals surface area contributed by atoms with Gasteiger partial charge in [0.25, 0.3) is 0 Å². The Morgan fingerprint density at radius 3 is 0.737 bits per heavy atom. The van der Waals surface area contributed by atoms with E-state index in [1.54, 1.807) is 0 Å². The number of hydrogen-bond donors (Lipinski definition) is 3. The zero-order valence-electron chi connectivity index (χ0n) is 64.0. The van der Waals surface area contributed by atoms with Crippen molar-refractivity contribution in [2.75, 3.05) is 39.6 Å². The van der Waals surface area contributed by atoms with Gasteiger partial charge >= 0.3 is 39.5 Å². The van der Waals surface area contributed by atoms with Gasteiger partial charge in [-0.1, -0.05) is 354 Å². The SMILES string of the molecule is CCCCCC/C=C\C=C/CCCCCCCC(=O)O[C@H](COC(=O)CCCCCCCCCC)COP(=O)(O)OC[C@H](O)COP(=O)(O)OC[C@@H](COC(=O)CCCCCCCCCCCCCCCCCCC)OC(=O)CCCCCCCCCCCCCCCCCCCCC. The lowest BCUT2D eigenvalue weighted by Crippen LogP contribution is -2.30. The van der Waals surface area contributed by atoms with Crippen LogP contribution in [0.3, 0.4) is 0 Å². The van der Waals surface area contributed by atoms with Gasteiger partial charge in [0.2, 0.25) is 0 Å². The smallest absolute Gasteiger partial charge is 0.462 e. The molecule has 0 aromatic rings. The monoisotopic (exact) mass is 1450 g/mol. The highest BCUT2D eigenvalue weighted by Crippen LogP contribution is 2.45. The first-order valence-corrected chi connectivity index (χ1v) is 44.1. The molecule has 0 radical (unpaired) electrons. The molecule has 0 saturated carbocycles. The van der Waals surface area contributed by atoms with Crippen LogP contribution in [0.1, 0.15) is 407 Å². The molecule has 0 rings (SSSR count). The number of hydrogen-bond acceptors (Lipinski definition) is 15. The fourth-order valence-electron chi connectivity index (χ4n) is 11.9. The largest absolute Gasteiger partial charge is 0.472 e. The molecular formula is C80H152O17P2. The summed E-state index contributed by atoms with van der Waals surface area (Å²) in [5, 5.41) is 10.6. The Hall–Kier alpha value is -2.46. The van der Waals surface area contributed by atoms with E-state index >= 15 is 0 Å². The summed E-state index contributed by atoms with van der Waals surface area (Å²) < 4.78 is 68.6. The molecule has 19 heteroatoms. The molecule has 0 saturated heterocycles. The van der Waals surface area contributed by atoms with Crippen LogP contribution >= 0.6 is 15.6 Å². The number of esters is 4. The lowest BCUT2D eigenvalue weighted by Gasteiger charge is -2.21. The summed E-state index contributed by atoms with van der Waals surface area (Å²) >= 11 is 0. The van der Waals surface area contributed by atoms with Crippen molar-refractivity contribution in [3.05, 3.63) is 24.3 Å². The first-order chi connectivity index (χ1) is 48.2. The fraction of sp³-hybridized carbons (Fsp3) is 0.900. The van der Waals surface area contributed by atoms with Gasteiger partial charge in [-0.15, -0.1) is 0 Å². The van der Waals surface area contributed by atoms with Crippen LogP contribution in [0.4, 0.5) is 0 Å². The van der Waals surface area contributed by atoms with Crippen LogP contribution in [-0.2, 0) is 65.4 Å². The van der Waals surface area contributed by atoms with E-state index in [4.69, 9.17) is 37.0 Å². The predicted octanol–water partition coefficient (Wildman–Crippen LogP) is 23.7. The van der Waals surface area contributed by atoms with E-state index in [0.717, 1.165) is 109 Å². The molecule has 99 heavy (non-hydrogen) atoms. The van der Waals surface area contributed by atoms with Crippen LogP contribution in [-0.4, -0.2) is 96.7 Å². The van der Waals surface area contributed by atoms with Crippen molar-refractivity contribution in [3.8, 4) is 0 Å². The summed E-state index contributed by atoms with van der Waals surface area (Å²) in [6.07, 6.45) is 68.9. The van der Waals surface area contributed by atoms with Crippen molar-refractivity contribution in [2.24, 2.45) is 0 Å². The van der Waals surface area contributed by atoms with E-state index in [9.17, 15) is 43.2 Å². The average Bonchev–Trinajstić information content (AvgIpc) is 1.08. The molecule has 0 amide bonds. The van der Waals surface area contributed by atoms with Gasteiger partial charge in [-0.3, -0.25) is 37.3 Å². The van der Waals surface area contributed by atoms with Crippen LogP contribution in [0.15, 0.2) is 24.3 Å². The molecule has 5 atom stereocenters. The minimum Gasteiger partial charge on any atom is -0.462 e. The summed E-state index contributed by atoms with van der Waals surface area (Å²) in [7, 11) is -9.92. The van der Waals surface area contributed by atoms with Crippen LogP contribution in [0.25, 0.3) is 0 Å². The standard InChI is InChI=1S/C80H152O17P2/c1-5-9-13-17-21-25-28-31-34-36-37-39-42-45-48-51-55-59-63-67-80(85)97-76(71-91-78(83)65-61-57-53-49-46-43-41-38-35-32-29-26-22-18-14-10-6-2)73-95-99(88,89)93-69-74(81)68-92-98(86,87)94-72-75(70-90-77(82)64-60-56-52-24-20-16-12-8-4)96-79(84)66-62-58-54-50-47-44-40-33-30-27-23-19-15-11-7-3/h27,30,33,40,74-76,81H,5-26,28-29,31-32,34-39,41-73H2,1-4H3,(H,86,87)(H,88,89)/b30-27-,40-33-/t74-,75+,76+/m0/s1. The molecule has 0 aromatic heterocycles. The van der Waals surface area contributed by atoms with Crippen LogP contribution < -0.4 is 0 Å². The van der Waals surface area contributed by atoms with Gasteiger partial charge in [0.05, 0.1) is 26.4 Å². The molecule has 0 aromatic carbocycles. The minimum absolute atomic E-state index is 0.0855. The van der Waals surface area contributed by atoms with E-state index < -0.39 is 97.5 Å². The molecule has 0 spiro atoms. The highest BCUT2D eigenvalue weighted by atomic mass is 31.2. The molecule has 0 aliphatic rings. The van der Waals surface area contributed by atoms with Gasteiger partial charge in [0.1, 0.15) is 19.3 Å². The Morgan fingerprint density at radius 2 is 0.485 bits per heavy atom. The van der Waals surface area contributed by atoms with E-state index in [0.29, 0.717) is 25.7 Å². The minimum atomic E-state index is -4.96. The zero-order chi connectivity index (χ0) is 72.5. The Kier molecular flexibility index (Phi) is 72.0. The van der Waals surface area contributed by atoms with Crippen molar-refractivity contribution < 1.29 is 80.2 Å². The highest BCUT2D eigenvalue weighted by Gasteiger charge is 2.30. The van der Waals surface area contributed by atoms with Crippen molar-refractivity contribution in [1.29, 1.82) is 0 Å². The van der Waals surface area contributed by atoms with Gasteiger partial charge in [-0.2, -0.15) is 0 Å². The van der Waals surface area contributed by atoms with Gasteiger partial charge in [-0.25, -0.2) is 9.13 Å². The summed E-state index contributed by atoms with van der Waals surface area (Å²) in [5.41, 5.74) is 0. The number of unbranched alkanes of at least 4 members (excludes halogenated alkanes) is 50. The third kappa shape index (κ3) is 73.6. The second-order valence-corrected chi connectivity index (χ2v) is 31.0. The van der Waals surface area contributed by atoms with Crippen molar-refractivity contribution in [1.82, 2.24) is 0 Å². The van der Waals surface area contributed by atoms with Gasteiger partial charge in [-0.05, 0) is 51.4 Å². The number of aliphatic hydroxyl groups is 1. The number of rotatable bonds is 79. The summed E-state index contributed by atoms with van der Waals surface area (Å²) in [6, 6.07) is 0. The van der Waals surface area contributed by atoms with Crippen LogP contribution in [0.5, 0.6) is 0 Å². The lowest BCUT2D eigenvalue weighted by molar-refractivity contribution is -0.161. The Bertz CT molecular complexity index is 1970. The number of carbonyl (C=O) groups excluding carboxylic acids is 4. The third-order valence-electron chi connectivity index (χ3n) is 18.2. The first kappa shape index (κ1) is 96.5. The molecule has 584 valence electrons. The molecule has 2 unspecified atom stereocenters. The summed E-state index contributed by atoms with van der Waals surface area (Å²) in [6.45, 7) is 4.92. The number of aliphatic hydroxyl groups excluding tert-OH is 1. The maximum atomic E-state index is 13.1. The Morgan fingerprint density at radius 1 is 0.283 bits per heavy atom. The Labute approximate surface area is 605 Å². The normalized spacial score (nSPS) is 14.0. The molecule has 17 nitrogen and oxygen atoms in total. The van der Waals surface area contributed by atoms with Crippen molar-refractivity contribution in [2.45, 2.75) is 425 Å². The molecule has 0 bridgehead atoms. The summed E-state index contributed by atoms with van der Waals surface area (Å²) in [4.78, 5) is 72.9. The van der Waals surface area contributed by atoms with Crippen molar-refractivity contribution in [3.63, 3.8) is 0 Å². The number of phosphoric ester groups is 2. The molecule has 3 N–H and O–H groups in total. The zero-order valence-corrected chi connectivity index (χ0v) is 65.7. The lowest BCUT2D eigenvalue weighted by atomic mass is 10.0. The summed E-state index contributed by atoms with van der Waals surface area (Å²) in [5.74, 6) is -2.14. The van der Waals surface area contributed by atoms with E-state index in [-0.39, 0.29) is 25.7 Å². The fourth-order valence-corrected chi connectivity index (χ4v) is 13.5. The molecule has 0 fully saturated rings. The third-order valence-corrected chi connectivity index (χ3v) is 20.1. The van der Waals surface area contributed by atoms with Gasteiger partial charge < -0.3 is 33.8 Å². The molecular weight excluding hydrogens is 1290 g/mol. The van der Waals surface area contributed by atoms with E-state index in [1.807, 2.05) is 0 Å². The number of allylic oxidation sites excluding steroid dienone is 4. The average molecular weight is 1450 g/mol. The molecule has 0 aliphatic heterocycles. The molecule has 0 aliphatic carbocycles. The number of carbonyl (C=O) groups is 4. The Balaban J connectivity index is 5.23. The predicted molar refractivity (Wildman–Crippen MR) is 405 cm³/mol. The second kappa shape index (κ2) is 73.8. The van der Waals surface area contributed by atoms with Gasteiger partial charge in [0, 0.05) is 25.7 Å². The highest BCUT2D eigenvalue weighted by molar-refractivity contribution is 7.47. The van der Waals surface area contributed by atoms with E-state index in [2.05, 4.69) is 52.0 Å². The first-order valence-electron chi connectivity index (χ1n) is 41.1. The number of ether oxygens (including phenoxy) is 4. The van der Waals surface area contributed by atoms with E-state index in [1.165, 1.54) is 218 Å². The second-order valence-electron chi connectivity index (χ2n) is 28.1. The quantitative estimate of drug-likeness (QED) is 0.0169. The topological polar surface area (TPSA) is 237 Å².